The summed E-state index contributed by atoms with van der Waals surface area (Å²) in [7, 11) is 0. The lowest BCUT2D eigenvalue weighted by molar-refractivity contribution is -0.147. The molecule has 3 aromatic rings. The number of rotatable bonds is 7. The van der Waals surface area contributed by atoms with Crippen molar-refractivity contribution in [2.45, 2.75) is 33.2 Å². The summed E-state index contributed by atoms with van der Waals surface area (Å²) in [4.78, 5) is 35.8. The molecule has 0 atom stereocenters. The van der Waals surface area contributed by atoms with E-state index < -0.39 is 11.7 Å². The number of hydrogen-bond acceptors (Lipinski definition) is 5. The van der Waals surface area contributed by atoms with Gasteiger partial charge in [-0.1, -0.05) is 30.3 Å². The van der Waals surface area contributed by atoms with Gasteiger partial charge in [-0.15, -0.1) is 0 Å². The van der Waals surface area contributed by atoms with Crippen LogP contribution in [0.25, 0.3) is 11.1 Å². The molecule has 1 amide bonds. The first-order valence-electron chi connectivity index (χ1n) is 9.06. The van der Waals surface area contributed by atoms with E-state index in [2.05, 4.69) is 5.32 Å². The highest BCUT2D eigenvalue weighted by molar-refractivity contribution is 5.94. The highest BCUT2D eigenvalue weighted by Gasteiger charge is 2.12. The van der Waals surface area contributed by atoms with Crippen molar-refractivity contribution < 1.29 is 18.7 Å². The summed E-state index contributed by atoms with van der Waals surface area (Å²) in [6.45, 7) is 3.78. The first-order valence-corrected chi connectivity index (χ1v) is 9.06. The molecule has 0 saturated carbocycles. The summed E-state index contributed by atoms with van der Waals surface area (Å²) >= 11 is 0. The van der Waals surface area contributed by atoms with Crippen LogP contribution >= 0.6 is 0 Å². The fourth-order valence-corrected chi connectivity index (χ4v) is 3.01. The van der Waals surface area contributed by atoms with Crippen LogP contribution in [0.3, 0.4) is 0 Å². The molecule has 3 rings (SSSR count). The predicted molar refractivity (Wildman–Crippen MR) is 105 cm³/mol. The molecule has 2 aromatic carbocycles. The molecule has 0 saturated heterocycles. The Bertz CT molecular complexity index is 1040. The maximum Gasteiger partial charge on any atom is 0.419 e. The molecule has 1 aromatic heterocycles. The highest BCUT2D eigenvalue weighted by Crippen LogP contribution is 2.19. The lowest BCUT2D eigenvalue weighted by Crippen LogP contribution is -2.22. The van der Waals surface area contributed by atoms with Gasteiger partial charge in [0.15, 0.2) is 12.2 Å². The Morgan fingerprint density at radius 2 is 1.79 bits per heavy atom. The summed E-state index contributed by atoms with van der Waals surface area (Å²) in [5, 5.41) is 2.77. The zero-order valence-electron chi connectivity index (χ0n) is 15.9. The van der Waals surface area contributed by atoms with E-state index in [1.165, 1.54) is 4.57 Å². The average molecular weight is 382 g/mol. The largest absolute Gasteiger partial charge is 0.456 e. The number of hydrogen-bond donors (Lipinski definition) is 1. The SMILES string of the molecule is Cc1cccc(C)c1NC(=O)COC(=O)CCCn1c(=O)oc2ccccc21. The van der Waals surface area contributed by atoms with E-state index >= 15 is 0 Å². The third-order valence-electron chi connectivity index (χ3n) is 4.45. The molecule has 7 heteroatoms. The third-order valence-corrected chi connectivity index (χ3v) is 4.45. The van der Waals surface area contributed by atoms with Crippen molar-refractivity contribution in [3.05, 3.63) is 64.1 Å². The Morgan fingerprint density at radius 1 is 1.07 bits per heavy atom. The van der Waals surface area contributed by atoms with E-state index in [0.717, 1.165) is 16.8 Å². The van der Waals surface area contributed by atoms with E-state index in [1.54, 1.807) is 18.2 Å². The number of esters is 1. The molecule has 0 unspecified atom stereocenters. The molecule has 0 aliphatic carbocycles. The van der Waals surface area contributed by atoms with Crippen molar-refractivity contribution in [3.63, 3.8) is 0 Å². The van der Waals surface area contributed by atoms with Gasteiger partial charge in [0.1, 0.15) is 0 Å². The second-order valence-corrected chi connectivity index (χ2v) is 6.57. The molecule has 0 radical (unpaired) electrons. The first-order chi connectivity index (χ1) is 13.5. The van der Waals surface area contributed by atoms with E-state index in [-0.39, 0.29) is 18.9 Å². The number of carbonyl (C=O) groups is 2. The maximum atomic E-state index is 12.0. The maximum absolute atomic E-state index is 12.0. The third kappa shape index (κ3) is 4.49. The van der Waals surface area contributed by atoms with Crippen molar-refractivity contribution in [1.82, 2.24) is 4.57 Å². The van der Waals surface area contributed by atoms with Gasteiger partial charge in [0.25, 0.3) is 5.91 Å². The van der Waals surface area contributed by atoms with Crippen LogP contribution in [0.15, 0.2) is 51.7 Å². The highest BCUT2D eigenvalue weighted by atomic mass is 16.5. The summed E-state index contributed by atoms with van der Waals surface area (Å²) in [6, 6.07) is 12.8. The van der Waals surface area contributed by atoms with Crippen LogP contribution in [0.1, 0.15) is 24.0 Å². The minimum atomic E-state index is -0.488. The van der Waals surface area contributed by atoms with Crippen molar-refractivity contribution in [2.24, 2.45) is 0 Å². The first kappa shape index (κ1) is 19.4. The molecule has 0 aliphatic rings. The molecule has 1 N–H and O–H groups in total. The van der Waals surface area contributed by atoms with E-state index in [0.29, 0.717) is 24.1 Å². The number of aryl methyl sites for hydroxylation is 3. The molecule has 7 nitrogen and oxygen atoms in total. The van der Waals surface area contributed by atoms with Crippen molar-refractivity contribution in [3.8, 4) is 0 Å². The Balaban J connectivity index is 1.46. The molecule has 1 heterocycles. The van der Waals surface area contributed by atoms with Gasteiger partial charge in [-0.05, 0) is 43.5 Å². The van der Waals surface area contributed by atoms with Gasteiger partial charge in [0.05, 0.1) is 5.52 Å². The zero-order chi connectivity index (χ0) is 20.1. The Kier molecular flexibility index (Phi) is 5.93. The van der Waals surface area contributed by atoms with Crippen molar-refractivity contribution in [1.29, 1.82) is 0 Å². The van der Waals surface area contributed by atoms with Crippen LogP contribution in [0, 0.1) is 13.8 Å². The number of amides is 1. The Morgan fingerprint density at radius 3 is 2.54 bits per heavy atom. The summed E-state index contributed by atoms with van der Waals surface area (Å²) < 4.78 is 11.7. The van der Waals surface area contributed by atoms with Crippen LogP contribution in [-0.2, 0) is 20.9 Å². The molecule has 0 aliphatic heterocycles. The average Bonchev–Trinajstić information content (AvgIpc) is 2.99. The van der Waals surface area contributed by atoms with Crippen LogP contribution in [0.5, 0.6) is 0 Å². The lowest BCUT2D eigenvalue weighted by Gasteiger charge is -2.11. The molecular weight excluding hydrogens is 360 g/mol. The fraction of sp³-hybridized carbons (Fsp3) is 0.286. The van der Waals surface area contributed by atoms with Gasteiger partial charge >= 0.3 is 11.7 Å². The van der Waals surface area contributed by atoms with Gasteiger partial charge in [-0.3, -0.25) is 14.2 Å². The summed E-state index contributed by atoms with van der Waals surface area (Å²) in [6.07, 6.45) is 0.503. The number of oxazole rings is 1. The molecule has 0 bridgehead atoms. The number of nitrogens with one attached hydrogen (secondary N) is 1. The Labute approximate surface area is 161 Å². The number of anilines is 1. The second kappa shape index (κ2) is 8.56. The zero-order valence-corrected chi connectivity index (χ0v) is 15.9. The molecule has 0 fully saturated rings. The normalized spacial score (nSPS) is 10.8. The molecule has 0 spiro atoms. The summed E-state index contributed by atoms with van der Waals surface area (Å²) in [5.74, 6) is -1.33. The van der Waals surface area contributed by atoms with Gasteiger partial charge in [0.2, 0.25) is 0 Å². The van der Waals surface area contributed by atoms with Gasteiger partial charge in [0, 0.05) is 18.7 Å². The number of nitrogens with zero attached hydrogens (tertiary/aromatic N) is 1. The van der Waals surface area contributed by atoms with E-state index in [9.17, 15) is 14.4 Å². The number of fused-ring (bicyclic) bond motifs is 1. The summed E-state index contributed by atoms with van der Waals surface area (Å²) in [5.41, 5.74) is 3.82. The number of para-hydroxylation sites is 3. The van der Waals surface area contributed by atoms with Crippen molar-refractivity contribution >= 4 is 28.7 Å². The predicted octanol–water partition coefficient (Wildman–Crippen LogP) is 3.17. The smallest absolute Gasteiger partial charge is 0.419 e. The van der Waals surface area contributed by atoms with Gasteiger partial charge in [-0.25, -0.2) is 4.79 Å². The van der Waals surface area contributed by atoms with Crippen LogP contribution < -0.4 is 11.1 Å². The molecular formula is C21H22N2O5. The standard InChI is InChI=1S/C21H22N2O5/c1-14-7-5-8-15(2)20(14)22-18(24)13-27-19(25)11-6-12-23-16-9-3-4-10-17(16)28-21(23)26/h3-5,7-10H,6,11-13H2,1-2H3,(H,22,24). The Hall–Kier alpha value is -3.35. The lowest BCUT2D eigenvalue weighted by atomic mass is 10.1. The van der Waals surface area contributed by atoms with Crippen molar-refractivity contribution in [2.75, 3.05) is 11.9 Å². The van der Waals surface area contributed by atoms with Crippen LogP contribution in [0.4, 0.5) is 5.69 Å². The number of ether oxygens (including phenoxy) is 1. The number of carbonyl (C=O) groups excluding carboxylic acids is 2. The van der Waals surface area contributed by atoms with E-state index in [1.807, 2.05) is 38.1 Å². The topological polar surface area (TPSA) is 90.5 Å². The van der Waals surface area contributed by atoms with E-state index in [4.69, 9.17) is 9.15 Å². The van der Waals surface area contributed by atoms with Gasteiger partial charge < -0.3 is 14.5 Å². The monoisotopic (exact) mass is 382 g/mol. The van der Waals surface area contributed by atoms with Crippen LogP contribution in [0.2, 0.25) is 0 Å². The van der Waals surface area contributed by atoms with Crippen LogP contribution in [-0.4, -0.2) is 23.1 Å². The second-order valence-electron chi connectivity index (χ2n) is 6.57. The minimum absolute atomic E-state index is 0.0998. The minimum Gasteiger partial charge on any atom is -0.456 e. The molecule has 28 heavy (non-hydrogen) atoms. The number of benzene rings is 2. The van der Waals surface area contributed by atoms with Gasteiger partial charge in [-0.2, -0.15) is 0 Å². The molecule has 146 valence electrons. The quantitative estimate of drug-likeness (QED) is 0.634. The number of aromatic nitrogens is 1. The fourth-order valence-electron chi connectivity index (χ4n) is 3.01.